The van der Waals surface area contributed by atoms with Crippen molar-refractivity contribution in [2.45, 2.75) is 38.8 Å². The third-order valence-electron chi connectivity index (χ3n) is 2.64. The summed E-state index contributed by atoms with van der Waals surface area (Å²) >= 11 is 3.33. The Kier molecular flexibility index (Phi) is 6.22. The van der Waals surface area contributed by atoms with E-state index in [0.717, 1.165) is 10.0 Å². The molecule has 0 aliphatic rings. The molecule has 22 heavy (non-hydrogen) atoms. The van der Waals surface area contributed by atoms with Gasteiger partial charge in [-0.1, -0.05) is 6.07 Å². The van der Waals surface area contributed by atoms with Gasteiger partial charge in [-0.3, -0.25) is 0 Å². The van der Waals surface area contributed by atoms with Gasteiger partial charge in [0.25, 0.3) is 0 Å². The average Bonchev–Trinajstić information content (AvgIpc) is 2.37. The molecule has 7 heteroatoms. The Bertz CT molecular complexity index is 553. The number of carboxylic acids is 1. The predicted octanol–water partition coefficient (Wildman–Crippen LogP) is 2.98. The molecule has 122 valence electrons. The highest BCUT2D eigenvalue weighted by atomic mass is 79.9. The zero-order valence-corrected chi connectivity index (χ0v) is 14.6. The molecule has 0 radical (unpaired) electrons. The van der Waals surface area contributed by atoms with Crippen molar-refractivity contribution < 1.29 is 24.2 Å². The van der Waals surface area contributed by atoms with Gasteiger partial charge in [0.1, 0.15) is 17.4 Å². The molecule has 0 bridgehead atoms. The van der Waals surface area contributed by atoms with Gasteiger partial charge in [0.2, 0.25) is 0 Å². The maximum atomic E-state index is 11.7. The minimum atomic E-state index is -1.13. The molecular weight excluding hydrogens is 354 g/mol. The second-order valence-electron chi connectivity index (χ2n) is 5.71. The summed E-state index contributed by atoms with van der Waals surface area (Å²) in [5, 5.41) is 11.6. The lowest BCUT2D eigenvalue weighted by Crippen LogP contribution is -2.44. The van der Waals surface area contributed by atoms with Crippen molar-refractivity contribution in [2.24, 2.45) is 0 Å². The first-order chi connectivity index (χ1) is 10.1. The minimum absolute atomic E-state index is 0.123. The van der Waals surface area contributed by atoms with E-state index in [0.29, 0.717) is 5.75 Å². The first-order valence-electron chi connectivity index (χ1n) is 6.67. The van der Waals surface area contributed by atoms with E-state index in [2.05, 4.69) is 21.2 Å². The van der Waals surface area contributed by atoms with E-state index >= 15 is 0 Å². The summed E-state index contributed by atoms with van der Waals surface area (Å²) < 4.78 is 11.0. The number of hydrogen-bond donors (Lipinski definition) is 2. The topological polar surface area (TPSA) is 84.9 Å². The van der Waals surface area contributed by atoms with Crippen molar-refractivity contribution in [3.63, 3.8) is 0 Å². The van der Waals surface area contributed by atoms with Crippen LogP contribution >= 0.6 is 15.9 Å². The third-order valence-corrected chi connectivity index (χ3v) is 3.30. The summed E-state index contributed by atoms with van der Waals surface area (Å²) in [6.45, 7) is 5.13. The predicted molar refractivity (Wildman–Crippen MR) is 85.2 cm³/mol. The standard InChI is InChI=1S/C15H20BrNO5/c1-15(2,3)22-14(20)17-11(13(18)19)7-9-5-6-10(16)12(8-9)21-4/h5-6,8,11H,7H2,1-4H3,(H,17,20)(H,18,19)/t11-/m1/s1. The second kappa shape index (κ2) is 7.49. The van der Waals surface area contributed by atoms with Crippen LogP contribution in [0.2, 0.25) is 0 Å². The molecule has 0 spiro atoms. The monoisotopic (exact) mass is 373 g/mol. The molecule has 0 aliphatic carbocycles. The van der Waals surface area contributed by atoms with Crippen molar-refractivity contribution in [3.05, 3.63) is 28.2 Å². The molecule has 6 nitrogen and oxygen atoms in total. The van der Waals surface area contributed by atoms with E-state index in [-0.39, 0.29) is 6.42 Å². The number of carboxylic acid groups (broad SMARTS) is 1. The highest BCUT2D eigenvalue weighted by Gasteiger charge is 2.24. The van der Waals surface area contributed by atoms with Gasteiger partial charge < -0.3 is 19.9 Å². The third kappa shape index (κ3) is 5.93. The molecule has 0 fully saturated rings. The van der Waals surface area contributed by atoms with Crippen LogP contribution in [0, 0.1) is 0 Å². The number of rotatable bonds is 5. The molecule has 0 aromatic heterocycles. The van der Waals surface area contributed by atoms with Crippen molar-refractivity contribution in [1.29, 1.82) is 0 Å². The summed E-state index contributed by atoms with van der Waals surface area (Å²) in [7, 11) is 1.53. The summed E-state index contributed by atoms with van der Waals surface area (Å²) in [6, 6.07) is 4.16. The summed E-state index contributed by atoms with van der Waals surface area (Å²) in [4.78, 5) is 23.0. The largest absolute Gasteiger partial charge is 0.496 e. The van der Waals surface area contributed by atoms with Crippen LogP contribution in [0.1, 0.15) is 26.3 Å². The lowest BCUT2D eigenvalue weighted by Gasteiger charge is -2.22. The van der Waals surface area contributed by atoms with Gasteiger partial charge in [-0.05, 0) is 54.4 Å². The van der Waals surface area contributed by atoms with Crippen LogP contribution < -0.4 is 10.1 Å². The van der Waals surface area contributed by atoms with Crippen LogP contribution in [0.4, 0.5) is 4.79 Å². The second-order valence-corrected chi connectivity index (χ2v) is 6.56. The number of nitrogens with one attached hydrogen (secondary N) is 1. The molecule has 0 heterocycles. The number of carbonyl (C=O) groups excluding carboxylic acids is 1. The summed E-state index contributed by atoms with van der Waals surface area (Å²) in [6.07, 6.45) is -0.637. The van der Waals surface area contributed by atoms with Gasteiger partial charge >= 0.3 is 12.1 Å². The van der Waals surface area contributed by atoms with E-state index in [4.69, 9.17) is 9.47 Å². The first-order valence-corrected chi connectivity index (χ1v) is 7.46. The molecule has 1 atom stereocenters. The maximum Gasteiger partial charge on any atom is 0.408 e. The maximum absolute atomic E-state index is 11.7. The number of carbonyl (C=O) groups is 2. The first kappa shape index (κ1) is 18.3. The van der Waals surface area contributed by atoms with Crippen molar-refractivity contribution in [3.8, 4) is 5.75 Å². The van der Waals surface area contributed by atoms with E-state index in [9.17, 15) is 14.7 Å². The normalized spacial score (nSPS) is 12.4. The molecule has 0 saturated heterocycles. The highest BCUT2D eigenvalue weighted by molar-refractivity contribution is 9.10. The Hall–Kier alpha value is -1.76. The Balaban J connectivity index is 2.81. The van der Waals surface area contributed by atoms with Gasteiger partial charge in [-0.15, -0.1) is 0 Å². The molecule has 1 aromatic rings. The molecule has 0 aliphatic heterocycles. The fraction of sp³-hybridized carbons (Fsp3) is 0.467. The summed E-state index contributed by atoms with van der Waals surface area (Å²) in [5.41, 5.74) is 0.0389. The van der Waals surface area contributed by atoms with Crippen LogP contribution in [0.5, 0.6) is 5.75 Å². The SMILES string of the molecule is COc1cc(C[C@@H](NC(=O)OC(C)(C)C)C(=O)O)ccc1Br. The van der Waals surface area contributed by atoms with Crippen LogP contribution in [0.15, 0.2) is 22.7 Å². The number of amides is 1. The van der Waals surface area contributed by atoms with Gasteiger partial charge in [-0.25, -0.2) is 9.59 Å². The van der Waals surface area contributed by atoms with Gasteiger partial charge in [0, 0.05) is 6.42 Å². The van der Waals surface area contributed by atoms with E-state index < -0.39 is 23.7 Å². The lowest BCUT2D eigenvalue weighted by atomic mass is 10.1. The fourth-order valence-electron chi connectivity index (χ4n) is 1.72. The molecule has 0 unspecified atom stereocenters. The summed E-state index contributed by atoms with van der Waals surface area (Å²) in [5.74, 6) is -0.536. The van der Waals surface area contributed by atoms with E-state index in [1.165, 1.54) is 7.11 Å². The van der Waals surface area contributed by atoms with Crippen LogP contribution in [-0.4, -0.2) is 35.9 Å². The molecule has 1 amide bonds. The Morgan fingerprint density at radius 2 is 2.00 bits per heavy atom. The molecule has 1 aromatic carbocycles. The van der Waals surface area contributed by atoms with Crippen LogP contribution in [0.25, 0.3) is 0 Å². The number of halogens is 1. The van der Waals surface area contributed by atoms with Gasteiger partial charge in [0.15, 0.2) is 0 Å². The van der Waals surface area contributed by atoms with Crippen LogP contribution in [-0.2, 0) is 16.0 Å². The molecule has 1 rings (SSSR count). The Labute approximate surface area is 137 Å². The molecular formula is C15H20BrNO5. The number of ether oxygens (including phenoxy) is 2. The number of methoxy groups -OCH3 is 1. The quantitative estimate of drug-likeness (QED) is 0.828. The number of alkyl carbamates (subject to hydrolysis) is 1. The zero-order valence-electron chi connectivity index (χ0n) is 13.0. The molecule has 2 N–H and O–H groups in total. The van der Waals surface area contributed by atoms with Crippen LogP contribution in [0.3, 0.4) is 0 Å². The fourth-order valence-corrected chi connectivity index (χ4v) is 2.13. The van der Waals surface area contributed by atoms with Crippen molar-refractivity contribution in [2.75, 3.05) is 7.11 Å². The average molecular weight is 374 g/mol. The lowest BCUT2D eigenvalue weighted by molar-refractivity contribution is -0.139. The Morgan fingerprint density at radius 1 is 1.36 bits per heavy atom. The number of aliphatic carboxylic acids is 1. The number of benzene rings is 1. The smallest absolute Gasteiger partial charge is 0.408 e. The van der Waals surface area contributed by atoms with Crippen molar-refractivity contribution >= 4 is 28.0 Å². The van der Waals surface area contributed by atoms with E-state index in [1.807, 2.05) is 0 Å². The number of hydrogen-bond acceptors (Lipinski definition) is 4. The van der Waals surface area contributed by atoms with Gasteiger partial charge in [0.05, 0.1) is 11.6 Å². The van der Waals surface area contributed by atoms with Gasteiger partial charge in [-0.2, -0.15) is 0 Å². The highest BCUT2D eigenvalue weighted by Crippen LogP contribution is 2.26. The van der Waals surface area contributed by atoms with Crippen molar-refractivity contribution in [1.82, 2.24) is 5.32 Å². The zero-order chi connectivity index (χ0) is 16.9. The minimum Gasteiger partial charge on any atom is -0.496 e. The Morgan fingerprint density at radius 3 is 2.50 bits per heavy atom. The van der Waals surface area contributed by atoms with E-state index in [1.54, 1.807) is 39.0 Å². The molecule has 0 saturated carbocycles.